The normalized spacial score (nSPS) is 19.8. The van der Waals surface area contributed by atoms with Crippen molar-refractivity contribution in [2.45, 2.75) is 86.3 Å². The van der Waals surface area contributed by atoms with Gasteiger partial charge in [0.1, 0.15) is 6.54 Å². The Morgan fingerprint density at radius 1 is 0.806 bits per heavy atom. The summed E-state index contributed by atoms with van der Waals surface area (Å²) in [6.45, 7) is 6.41. The second-order valence-corrected chi connectivity index (χ2v) is 19.8. The van der Waals surface area contributed by atoms with Gasteiger partial charge < -0.3 is 14.4 Å². The van der Waals surface area contributed by atoms with Crippen LogP contribution in [0.4, 0.5) is 28.9 Å². The van der Waals surface area contributed by atoms with E-state index in [0.29, 0.717) is 59.7 Å². The van der Waals surface area contributed by atoms with Crippen molar-refractivity contribution >= 4 is 53.4 Å². The van der Waals surface area contributed by atoms with Crippen molar-refractivity contribution in [3.05, 3.63) is 101 Å². The molecular weight excluding hydrogens is 885 g/mol. The fourth-order valence-corrected chi connectivity index (χ4v) is 9.68. The van der Waals surface area contributed by atoms with Crippen LogP contribution >= 0.6 is 0 Å². The van der Waals surface area contributed by atoms with E-state index in [1.54, 1.807) is 37.3 Å². The van der Waals surface area contributed by atoms with Gasteiger partial charge in [0.25, 0.3) is 30.4 Å². The Morgan fingerprint density at radius 2 is 1.42 bits per heavy atom. The van der Waals surface area contributed by atoms with Crippen molar-refractivity contribution in [2.24, 2.45) is 0 Å². The minimum Gasteiger partial charge on any atom is -0.420 e. The number of allylic oxidation sites excluding steroid dienone is 4. The molecule has 3 aromatic rings. The van der Waals surface area contributed by atoms with E-state index in [1.165, 1.54) is 31.4 Å². The number of methoxy groups -OCH3 is 1. The zero-order valence-electron chi connectivity index (χ0n) is 34.2. The third-order valence-corrected chi connectivity index (χ3v) is 13.8. The molecule has 2 atom stereocenters. The molecule has 2 heterocycles. The number of esters is 1. The minimum atomic E-state index is -4.63. The number of unbranched alkanes of at least 4 members (excludes halogenated alkanes) is 2. The zero-order chi connectivity index (χ0) is 46.0. The van der Waals surface area contributed by atoms with Crippen LogP contribution in [0.3, 0.4) is 0 Å². The van der Waals surface area contributed by atoms with Crippen LogP contribution in [-0.4, -0.2) is 87.7 Å². The van der Waals surface area contributed by atoms with Gasteiger partial charge in [0, 0.05) is 73.7 Å². The molecule has 0 spiro atoms. The van der Waals surface area contributed by atoms with Crippen LogP contribution in [0, 0.1) is 23.3 Å². The lowest BCUT2D eigenvalue weighted by Crippen LogP contribution is -2.33. The number of carbonyl (C=O) groups is 1. The average Bonchev–Trinajstić information content (AvgIpc) is 3.56. The molecule has 2 unspecified atom stereocenters. The molecule has 0 bridgehead atoms. The number of likely N-dealkylation sites (N-methyl/N-ethyl adjacent to an activating group) is 1. The molecule has 338 valence electrons. The van der Waals surface area contributed by atoms with Gasteiger partial charge >= 0.3 is 5.97 Å². The van der Waals surface area contributed by atoms with Gasteiger partial charge in [-0.25, -0.2) is 8.78 Å². The third kappa shape index (κ3) is 10.3. The number of carbonyl (C=O) groups excluding carboxylic acids is 1. The van der Waals surface area contributed by atoms with Crippen LogP contribution in [0.25, 0.3) is 0 Å². The number of hydrogen-bond donors (Lipinski definition) is 3. The number of fused-ring (bicyclic) bond motifs is 2. The highest BCUT2D eigenvalue weighted by molar-refractivity contribution is 7.86. The summed E-state index contributed by atoms with van der Waals surface area (Å²) in [5, 5.41) is 0. The quantitative estimate of drug-likeness (QED) is 0.0207. The van der Waals surface area contributed by atoms with Gasteiger partial charge in [0.05, 0.1) is 21.0 Å². The lowest BCUT2D eigenvalue weighted by Gasteiger charge is -2.30. The third-order valence-electron chi connectivity index (χ3n) is 11.3. The molecule has 0 fully saturated rings. The number of ether oxygens (including phenoxy) is 2. The van der Waals surface area contributed by atoms with E-state index < -0.39 is 81.9 Å². The molecule has 3 N–H and O–H groups in total. The summed E-state index contributed by atoms with van der Waals surface area (Å²) in [5.41, 5.74) is 1.57. The highest BCUT2D eigenvalue weighted by Crippen LogP contribution is 2.51. The Hall–Kier alpha value is -4.51. The van der Waals surface area contributed by atoms with Crippen molar-refractivity contribution in [3.8, 4) is 5.75 Å². The van der Waals surface area contributed by atoms with E-state index in [9.17, 15) is 61.3 Å². The lowest BCUT2D eigenvalue weighted by atomic mass is 9.76. The van der Waals surface area contributed by atoms with Crippen molar-refractivity contribution in [3.63, 3.8) is 0 Å². The molecule has 0 aromatic heterocycles. The molecule has 21 heteroatoms. The number of hydrogen-bond acceptors (Lipinski definition) is 10. The van der Waals surface area contributed by atoms with Crippen LogP contribution in [0.2, 0.25) is 0 Å². The van der Waals surface area contributed by atoms with E-state index in [1.807, 2.05) is 23.3 Å². The average molecular weight is 932 g/mol. The molecule has 2 aliphatic heterocycles. The summed E-state index contributed by atoms with van der Waals surface area (Å²) in [5.74, 6) is -10.3. The largest absolute Gasteiger partial charge is 0.420 e. The Bertz CT molecular complexity index is 2660. The van der Waals surface area contributed by atoms with Crippen LogP contribution < -0.4 is 9.64 Å². The number of rotatable bonds is 19. The Balaban J connectivity index is 1.53. The van der Waals surface area contributed by atoms with Gasteiger partial charge in [-0.2, -0.15) is 38.6 Å². The summed E-state index contributed by atoms with van der Waals surface area (Å²) >= 11 is 0. The van der Waals surface area contributed by atoms with E-state index in [0.717, 1.165) is 0 Å². The van der Waals surface area contributed by atoms with Gasteiger partial charge in [0.15, 0.2) is 17.3 Å². The van der Waals surface area contributed by atoms with Crippen molar-refractivity contribution < 1.29 is 75.3 Å². The van der Waals surface area contributed by atoms with Crippen LogP contribution in [0.1, 0.15) is 76.8 Å². The van der Waals surface area contributed by atoms with E-state index >= 15 is 0 Å². The zero-order valence-corrected chi connectivity index (χ0v) is 36.6. The Kier molecular flexibility index (Phi) is 14.6. The minimum absolute atomic E-state index is 0.00815. The molecular formula is C41H47F4N2O12S3+. The van der Waals surface area contributed by atoms with E-state index in [2.05, 4.69) is 4.74 Å². The van der Waals surface area contributed by atoms with Crippen molar-refractivity contribution in [1.29, 1.82) is 0 Å². The predicted octanol–water partition coefficient (Wildman–Crippen LogP) is 7.20. The van der Waals surface area contributed by atoms with E-state index in [4.69, 9.17) is 4.74 Å². The number of halogens is 4. The summed E-state index contributed by atoms with van der Waals surface area (Å²) in [6, 6.07) is 8.31. The van der Waals surface area contributed by atoms with Crippen LogP contribution in [0.5, 0.6) is 5.75 Å². The second-order valence-electron chi connectivity index (χ2n) is 15.4. The highest BCUT2D eigenvalue weighted by Gasteiger charge is 2.48. The molecule has 0 radical (unpaired) electrons. The van der Waals surface area contributed by atoms with Crippen LogP contribution in [-0.2, 0) is 50.7 Å². The fourth-order valence-electron chi connectivity index (χ4n) is 8.16. The SMILES string of the molecule is CCN1/C(=C/C=C/C2=[N+](CCCCCC(=O)Oc3c(F)c(F)cc(F)c3F)c3ccc(S(=O)(=O)O)cc3C2(C)CCOC)C(C)(CCCS(=O)(=O)O)c2cc(S(=O)(=O)O)ccc21. The number of benzene rings is 3. The van der Waals surface area contributed by atoms with E-state index in [-0.39, 0.29) is 54.7 Å². The smallest absolute Gasteiger partial charge is 0.311 e. The number of anilines is 1. The number of nitrogens with zero attached hydrogens (tertiary/aromatic N) is 2. The maximum Gasteiger partial charge on any atom is 0.311 e. The first kappa shape index (κ1) is 48.5. The first-order valence-corrected chi connectivity index (χ1v) is 23.9. The van der Waals surface area contributed by atoms with Crippen LogP contribution in [0.15, 0.2) is 76.2 Å². The molecule has 5 rings (SSSR count). The standard InChI is InChI=1S/C41H46F4N2O12S3/c1-5-46-32-16-14-26(61(52,53)54)23-28(32)40(2,18-10-22-60(49,50)51)34(46)11-9-12-35-41(3,19-21-58-4)29-24-27(62(55,56)57)15-17-33(29)47(35)20-8-6-7-13-36(48)59-39-37(44)30(42)25-31(43)38(39)45/h9,11-12,14-17,23-25H,5-8,10,13,18-22H2,1-4H3,(H2-,49,50,51,52,53,54,55,56,57)/p+1. The summed E-state index contributed by atoms with van der Waals surface area (Å²) in [6.07, 6.45) is 6.30. The van der Waals surface area contributed by atoms with Crippen molar-refractivity contribution in [1.82, 2.24) is 0 Å². The molecule has 2 aliphatic rings. The topological polar surface area (TPSA) is 205 Å². The summed E-state index contributed by atoms with van der Waals surface area (Å²) in [7, 11) is -12.1. The fraction of sp³-hybridized carbons (Fsp3) is 0.415. The van der Waals surface area contributed by atoms with Gasteiger partial charge in [-0.05, 0) is 94.8 Å². The molecule has 0 aliphatic carbocycles. The first-order valence-electron chi connectivity index (χ1n) is 19.4. The molecule has 3 aromatic carbocycles. The summed E-state index contributed by atoms with van der Waals surface area (Å²) in [4.78, 5) is 13.6. The molecule has 0 saturated carbocycles. The molecule has 62 heavy (non-hydrogen) atoms. The monoisotopic (exact) mass is 931 g/mol. The Labute approximate surface area is 357 Å². The summed E-state index contributed by atoms with van der Waals surface area (Å²) < 4.78 is 169. The molecule has 14 nitrogen and oxygen atoms in total. The second kappa shape index (κ2) is 18.7. The Morgan fingerprint density at radius 3 is 2.00 bits per heavy atom. The lowest BCUT2D eigenvalue weighted by molar-refractivity contribution is -0.438. The predicted molar refractivity (Wildman–Crippen MR) is 220 cm³/mol. The van der Waals surface area contributed by atoms with Gasteiger partial charge in [-0.1, -0.05) is 6.08 Å². The first-order chi connectivity index (χ1) is 28.9. The van der Waals surface area contributed by atoms with Crippen molar-refractivity contribution in [2.75, 3.05) is 37.5 Å². The van der Waals surface area contributed by atoms with Gasteiger partial charge in [-0.15, -0.1) is 0 Å². The van der Waals surface area contributed by atoms with Gasteiger partial charge in [0.2, 0.25) is 23.1 Å². The van der Waals surface area contributed by atoms with Gasteiger partial charge in [-0.3, -0.25) is 18.5 Å². The highest BCUT2D eigenvalue weighted by atomic mass is 32.2. The maximum atomic E-state index is 14.1. The molecule has 0 amide bonds. The maximum absolute atomic E-state index is 14.1. The molecule has 0 saturated heterocycles.